The zero-order valence-corrected chi connectivity index (χ0v) is 17.4. The van der Waals surface area contributed by atoms with Crippen LogP contribution < -0.4 is 10.6 Å². The van der Waals surface area contributed by atoms with Crippen LogP contribution in [0.25, 0.3) is 0 Å². The van der Waals surface area contributed by atoms with Gasteiger partial charge in [0.25, 0.3) is 5.91 Å². The van der Waals surface area contributed by atoms with Gasteiger partial charge in [-0.3, -0.25) is 14.5 Å². The number of benzene rings is 2. The topological polar surface area (TPSA) is 78.5 Å². The van der Waals surface area contributed by atoms with E-state index in [1.165, 1.54) is 24.3 Å². The van der Waals surface area contributed by atoms with E-state index in [2.05, 4.69) is 24.5 Å². The van der Waals surface area contributed by atoms with Gasteiger partial charge in [0.05, 0.1) is 0 Å². The number of carbonyl (C=O) groups is 3. The lowest BCUT2D eigenvalue weighted by Crippen LogP contribution is -2.44. The number of halogens is 1. The second-order valence-electron chi connectivity index (χ2n) is 7.53. The average Bonchev–Trinajstić information content (AvgIpc) is 2.99. The van der Waals surface area contributed by atoms with Gasteiger partial charge in [0.2, 0.25) is 5.91 Å². The molecule has 2 N–H and O–H groups in total. The molecule has 0 saturated carbocycles. The molecule has 0 radical (unpaired) electrons. The third-order valence-electron chi connectivity index (χ3n) is 5.72. The molecule has 0 spiro atoms. The highest BCUT2D eigenvalue weighted by atomic mass is 19.1. The Bertz CT molecular complexity index is 960. The zero-order valence-electron chi connectivity index (χ0n) is 17.4. The minimum atomic E-state index is -1.31. The summed E-state index contributed by atoms with van der Waals surface area (Å²) < 4.78 is 13.3. The molecule has 7 heteroatoms. The van der Waals surface area contributed by atoms with E-state index in [0.29, 0.717) is 11.3 Å². The van der Waals surface area contributed by atoms with Gasteiger partial charge in [-0.15, -0.1) is 0 Å². The fourth-order valence-corrected chi connectivity index (χ4v) is 3.74. The number of hydrogen-bond donors (Lipinski definition) is 2. The van der Waals surface area contributed by atoms with Gasteiger partial charge < -0.3 is 10.6 Å². The molecular weight excluding hydrogens is 385 g/mol. The van der Waals surface area contributed by atoms with Crippen molar-refractivity contribution >= 4 is 23.5 Å². The highest BCUT2D eigenvalue weighted by Gasteiger charge is 2.51. The molecule has 4 amide bonds. The SMILES string of the molecule is CCC(C)c1ccccc1NC(=O)CN1C(=O)NC(CC)(c2ccc(F)cc2)C1=O. The van der Waals surface area contributed by atoms with Crippen molar-refractivity contribution in [2.75, 3.05) is 11.9 Å². The van der Waals surface area contributed by atoms with Crippen molar-refractivity contribution in [3.8, 4) is 0 Å². The molecule has 2 aromatic rings. The van der Waals surface area contributed by atoms with Gasteiger partial charge in [0.1, 0.15) is 17.9 Å². The van der Waals surface area contributed by atoms with Crippen molar-refractivity contribution in [1.29, 1.82) is 0 Å². The molecule has 158 valence electrons. The van der Waals surface area contributed by atoms with Crippen LogP contribution in [0.1, 0.15) is 50.7 Å². The Morgan fingerprint density at radius 2 is 1.80 bits per heavy atom. The number of nitrogens with zero attached hydrogens (tertiary/aromatic N) is 1. The van der Waals surface area contributed by atoms with E-state index in [-0.39, 0.29) is 12.3 Å². The van der Waals surface area contributed by atoms with E-state index < -0.39 is 35.7 Å². The fourth-order valence-electron chi connectivity index (χ4n) is 3.74. The van der Waals surface area contributed by atoms with E-state index in [9.17, 15) is 18.8 Å². The normalized spacial score (nSPS) is 19.5. The van der Waals surface area contributed by atoms with E-state index in [1.54, 1.807) is 13.0 Å². The van der Waals surface area contributed by atoms with Crippen molar-refractivity contribution < 1.29 is 18.8 Å². The van der Waals surface area contributed by atoms with Gasteiger partial charge in [-0.1, -0.05) is 51.1 Å². The summed E-state index contributed by atoms with van der Waals surface area (Å²) in [4.78, 5) is 39.3. The number of para-hydroxylation sites is 1. The maximum atomic E-state index is 13.3. The molecule has 1 heterocycles. The van der Waals surface area contributed by atoms with Crippen molar-refractivity contribution in [1.82, 2.24) is 10.2 Å². The van der Waals surface area contributed by atoms with Crippen molar-refractivity contribution in [2.24, 2.45) is 0 Å². The summed E-state index contributed by atoms with van der Waals surface area (Å²) in [7, 11) is 0. The fraction of sp³-hybridized carbons (Fsp3) is 0.348. The van der Waals surface area contributed by atoms with Crippen LogP contribution in [0.4, 0.5) is 14.9 Å². The first kappa shape index (κ1) is 21.5. The third-order valence-corrected chi connectivity index (χ3v) is 5.72. The molecule has 30 heavy (non-hydrogen) atoms. The molecule has 1 fully saturated rings. The highest BCUT2D eigenvalue weighted by molar-refractivity contribution is 6.10. The number of urea groups is 1. The minimum absolute atomic E-state index is 0.254. The summed E-state index contributed by atoms with van der Waals surface area (Å²) in [6, 6.07) is 12.3. The van der Waals surface area contributed by atoms with Crippen LogP contribution in [0.15, 0.2) is 48.5 Å². The molecule has 3 rings (SSSR count). The molecule has 6 nitrogen and oxygen atoms in total. The highest BCUT2D eigenvalue weighted by Crippen LogP contribution is 2.33. The number of anilines is 1. The summed E-state index contributed by atoms with van der Waals surface area (Å²) in [5.41, 5.74) is 0.846. The maximum Gasteiger partial charge on any atom is 0.325 e. The number of carbonyl (C=O) groups excluding carboxylic acids is 3. The molecule has 1 aliphatic rings. The van der Waals surface area contributed by atoms with Crippen LogP contribution in [0.3, 0.4) is 0 Å². The Morgan fingerprint density at radius 1 is 1.13 bits per heavy atom. The predicted molar refractivity (Wildman–Crippen MR) is 112 cm³/mol. The first-order valence-electron chi connectivity index (χ1n) is 10.1. The Hall–Kier alpha value is -3.22. The molecule has 0 bridgehead atoms. The lowest BCUT2D eigenvalue weighted by molar-refractivity contribution is -0.134. The monoisotopic (exact) mass is 411 g/mol. The molecule has 2 atom stereocenters. The number of imide groups is 1. The molecule has 1 aliphatic heterocycles. The van der Waals surface area contributed by atoms with Crippen LogP contribution in [0, 0.1) is 5.82 Å². The number of nitrogens with one attached hydrogen (secondary N) is 2. The van der Waals surface area contributed by atoms with Gasteiger partial charge >= 0.3 is 6.03 Å². The smallest absolute Gasteiger partial charge is 0.324 e. The predicted octanol–water partition coefficient (Wildman–Crippen LogP) is 4.14. The molecule has 0 aliphatic carbocycles. The minimum Gasteiger partial charge on any atom is -0.324 e. The summed E-state index contributed by atoms with van der Waals surface area (Å²) >= 11 is 0. The van der Waals surface area contributed by atoms with E-state index >= 15 is 0 Å². The second-order valence-corrected chi connectivity index (χ2v) is 7.53. The van der Waals surface area contributed by atoms with Gasteiger partial charge in [0.15, 0.2) is 0 Å². The van der Waals surface area contributed by atoms with Gasteiger partial charge in [0, 0.05) is 5.69 Å². The molecular formula is C23H26FN3O3. The van der Waals surface area contributed by atoms with Crippen LogP contribution in [-0.4, -0.2) is 29.3 Å². The molecule has 2 unspecified atom stereocenters. The molecule has 1 saturated heterocycles. The standard InChI is InChI=1S/C23H26FN3O3/c1-4-15(3)18-8-6-7-9-19(18)25-20(28)14-27-21(29)23(5-2,26-22(27)30)16-10-12-17(24)13-11-16/h6-13,15H,4-5,14H2,1-3H3,(H,25,28)(H,26,30). The quantitative estimate of drug-likeness (QED) is 0.673. The van der Waals surface area contributed by atoms with Crippen LogP contribution in [-0.2, 0) is 15.1 Å². The number of rotatable bonds is 7. The summed E-state index contributed by atoms with van der Waals surface area (Å²) in [6.45, 7) is 5.49. The van der Waals surface area contributed by atoms with Crippen molar-refractivity contribution in [2.45, 2.75) is 45.1 Å². The van der Waals surface area contributed by atoms with Crippen LogP contribution in [0.2, 0.25) is 0 Å². The Morgan fingerprint density at radius 3 is 2.43 bits per heavy atom. The lowest BCUT2D eigenvalue weighted by atomic mass is 9.87. The van der Waals surface area contributed by atoms with Gasteiger partial charge in [-0.2, -0.15) is 0 Å². The van der Waals surface area contributed by atoms with E-state index in [1.807, 2.05) is 18.2 Å². The lowest BCUT2D eigenvalue weighted by Gasteiger charge is -2.25. The van der Waals surface area contributed by atoms with Gasteiger partial charge in [-0.05, 0) is 48.1 Å². The first-order valence-corrected chi connectivity index (χ1v) is 10.1. The van der Waals surface area contributed by atoms with E-state index in [4.69, 9.17) is 0 Å². The van der Waals surface area contributed by atoms with Gasteiger partial charge in [-0.25, -0.2) is 9.18 Å². The van der Waals surface area contributed by atoms with Crippen LogP contribution in [0.5, 0.6) is 0 Å². The zero-order chi connectivity index (χ0) is 21.9. The Kier molecular flexibility index (Phi) is 6.20. The number of amides is 4. The summed E-state index contributed by atoms with van der Waals surface area (Å²) in [5, 5.41) is 5.52. The molecule has 2 aromatic carbocycles. The second kappa shape index (κ2) is 8.65. The third kappa shape index (κ3) is 3.92. The van der Waals surface area contributed by atoms with Crippen LogP contribution >= 0.6 is 0 Å². The largest absolute Gasteiger partial charge is 0.325 e. The van der Waals surface area contributed by atoms with E-state index in [0.717, 1.165) is 16.9 Å². The average molecular weight is 411 g/mol. The Balaban J connectivity index is 1.79. The maximum absolute atomic E-state index is 13.3. The molecule has 0 aromatic heterocycles. The first-order chi connectivity index (χ1) is 14.3. The Labute approximate surface area is 175 Å². The summed E-state index contributed by atoms with van der Waals surface area (Å²) in [6.07, 6.45) is 1.19. The van der Waals surface area contributed by atoms with Crippen molar-refractivity contribution in [3.05, 3.63) is 65.5 Å². The number of hydrogen-bond acceptors (Lipinski definition) is 3. The summed E-state index contributed by atoms with van der Waals surface area (Å²) in [5.74, 6) is -1.16. The van der Waals surface area contributed by atoms with Crippen molar-refractivity contribution in [3.63, 3.8) is 0 Å².